The maximum atomic E-state index is 4.33. The average Bonchev–Trinajstić information content (AvgIpc) is 2.27. The van der Waals surface area contributed by atoms with Gasteiger partial charge in [0.15, 0.2) is 0 Å². The van der Waals surface area contributed by atoms with E-state index < -0.39 is 0 Å². The van der Waals surface area contributed by atoms with E-state index in [9.17, 15) is 0 Å². The molecule has 0 saturated carbocycles. The van der Waals surface area contributed by atoms with E-state index in [0.717, 1.165) is 12.3 Å². The highest BCUT2D eigenvalue weighted by Crippen LogP contribution is 2.26. The number of nitrogens with one attached hydrogen (secondary N) is 1. The predicted molar refractivity (Wildman–Crippen MR) is 65.5 cm³/mol. The molecule has 2 rings (SSSR count). The Bertz CT molecular complexity index is 322. The van der Waals surface area contributed by atoms with Crippen LogP contribution in [0.2, 0.25) is 0 Å². The zero-order valence-electron chi connectivity index (χ0n) is 8.59. The first-order chi connectivity index (χ1) is 6.81. The van der Waals surface area contributed by atoms with Crippen molar-refractivity contribution < 1.29 is 0 Å². The molecule has 14 heavy (non-hydrogen) atoms. The molecule has 1 atom stereocenters. The Balaban J connectivity index is 2.29. The third-order valence-electron chi connectivity index (χ3n) is 2.92. The molecule has 1 heterocycles. The van der Waals surface area contributed by atoms with Gasteiger partial charge in [-0.25, -0.2) is 0 Å². The molecule has 0 radical (unpaired) electrons. The summed E-state index contributed by atoms with van der Waals surface area (Å²) in [6.45, 7) is 3.34. The summed E-state index contributed by atoms with van der Waals surface area (Å²) in [5.74, 6) is 1.46. The summed E-state index contributed by atoms with van der Waals surface area (Å²) in [5.41, 5.74) is 4.20. The highest BCUT2D eigenvalue weighted by Gasteiger charge is 2.10. The molecule has 76 valence electrons. The first-order valence-corrected chi connectivity index (χ1v) is 5.92. The van der Waals surface area contributed by atoms with Crippen molar-refractivity contribution in [1.29, 1.82) is 0 Å². The SMILES string of the molecule is CC(CS)c1ccc2c(c1)NCCC2. The van der Waals surface area contributed by atoms with Crippen LogP contribution in [0.4, 0.5) is 5.69 Å². The quantitative estimate of drug-likeness (QED) is 0.710. The van der Waals surface area contributed by atoms with Gasteiger partial charge in [0.2, 0.25) is 0 Å². The number of hydrogen-bond acceptors (Lipinski definition) is 2. The Morgan fingerprint density at radius 2 is 2.36 bits per heavy atom. The fourth-order valence-electron chi connectivity index (χ4n) is 1.89. The minimum atomic E-state index is 0.548. The van der Waals surface area contributed by atoms with E-state index in [2.05, 4.69) is 43.1 Å². The van der Waals surface area contributed by atoms with Crippen LogP contribution in [-0.4, -0.2) is 12.3 Å². The van der Waals surface area contributed by atoms with Crippen molar-refractivity contribution >= 4 is 18.3 Å². The summed E-state index contributed by atoms with van der Waals surface area (Å²) >= 11 is 4.33. The van der Waals surface area contributed by atoms with E-state index in [0.29, 0.717) is 5.92 Å². The molecule has 0 amide bonds. The number of thiol groups is 1. The van der Waals surface area contributed by atoms with Crippen LogP contribution in [0.3, 0.4) is 0 Å². The fraction of sp³-hybridized carbons (Fsp3) is 0.500. The van der Waals surface area contributed by atoms with Crippen molar-refractivity contribution in [3.63, 3.8) is 0 Å². The van der Waals surface area contributed by atoms with Crippen molar-refractivity contribution in [1.82, 2.24) is 0 Å². The van der Waals surface area contributed by atoms with Crippen LogP contribution >= 0.6 is 12.6 Å². The van der Waals surface area contributed by atoms with E-state index in [4.69, 9.17) is 0 Å². The van der Waals surface area contributed by atoms with Crippen molar-refractivity contribution in [3.8, 4) is 0 Å². The molecular formula is C12H17NS. The van der Waals surface area contributed by atoms with Gasteiger partial charge >= 0.3 is 0 Å². The van der Waals surface area contributed by atoms with Crippen molar-refractivity contribution in [2.24, 2.45) is 0 Å². The topological polar surface area (TPSA) is 12.0 Å². The fourth-order valence-corrected chi connectivity index (χ4v) is 2.10. The summed E-state index contributed by atoms with van der Waals surface area (Å²) < 4.78 is 0. The van der Waals surface area contributed by atoms with Gasteiger partial charge in [-0.3, -0.25) is 0 Å². The van der Waals surface area contributed by atoms with Crippen LogP contribution in [0.25, 0.3) is 0 Å². The predicted octanol–water partition coefficient (Wildman–Crippen LogP) is 3.08. The lowest BCUT2D eigenvalue weighted by atomic mass is 9.96. The van der Waals surface area contributed by atoms with E-state index in [-0.39, 0.29) is 0 Å². The van der Waals surface area contributed by atoms with Gasteiger partial charge in [0, 0.05) is 12.2 Å². The van der Waals surface area contributed by atoms with Gasteiger partial charge in [0.25, 0.3) is 0 Å². The van der Waals surface area contributed by atoms with E-state index in [1.54, 1.807) is 0 Å². The third-order valence-corrected chi connectivity index (χ3v) is 3.46. The maximum absolute atomic E-state index is 4.33. The first kappa shape index (κ1) is 9.91. The average molecular weight is 207 g/mol. The summed E-state index contributed by atoms with van der Waals surface area (Å²) in [6.07, 6.45) is 2.48. The van der Waals surface area contributed by atoms with Crippen molar-refractivity contribution in [2.45, 2.75) is 25.7 Å². The summed E-state index contributed by atoms with van der Waals surface area (Å²) in [5, 5.41) is 3.46. The zero-order valence-corrected chi connectivity index (χ0v) is 9.48. The lowest BCUT2D eigenvalue weighted by Crippen LogP contribution is -2.12. The number of rotatable bonds is 2. The first-order valence-electron chi connectivity index (χ1n) is 5.29. The molecule has 0 aliphatic carbocycles. The maximum Gasteiger partial charge on any atom is 0.0375 e. The zero-order chi connectivity index (χ0) is 9.97. The monoisotopic (exact) mass is 207 g/mol. The molecule has 1 unspecified atom stereocenters. The van der Waals surface area contributed by atoms with Crippen LogP contribution in [0.5, 0.6) is 0 Å². The van der Waals surface area contributed by atoms with Crippen molar-refractivity contribution in [2.75, 3.05) is 17.6 Å². The highest BCUT2D eigenvalue weighted by atomic mass is 32.1. The Kier molecular flexibility index (Phi) is 3.02. The Morgan fingerprint density at radius 3 is 3.14 bits per heavy atom. The largest absolute Gasteiger partial charge is 0.385 e. The number of fused-ring (bicyclic) bond motifs is 1. The lowest BCUT2D eigenvalue weighted by molar-refractivity contribution is 0.822. The van der Waals surface area contributed by atoms with Gasteiger partial charge < -0.3 is 5.32 Å². The molecule has 0 fully saturated rings. The summed E-state index contributed by atoms with van der Waals surface area (Å²) in [6, 6.07) is 6.79. The second kappa shape index (κ2) is 4.26. The summed E-state index contributed by atoms with van der Waals surface area (Å²) in [7, 11) is 0. The normalized spacial score (nSPS) is 17.0. The Morgan fingerprint density at radius 1 is 1.50 bits per heavy atom. The van der Waals surface area contributed by atoms with Gasteiger partial charge in [0.05, 0.1) is 0 Å². The standard InChI is InChI=1S/C12H17NS/c1-9(8-14)11-5-4-10-3-2-6-13-12(10)7-11/h4-5,7,9,13-14H,2-3,6,8H2,1H3. The van der Waals surface area contributed by atoms with Gasteiger partial charge in [-0.15, -0.1) is 0 Å². The third kappa shape index (κ3) is 1.90. The van der Waals surface area contributed by atoms with Gasteiger partial charge in [0.1, 0.15) is 0 Å². The molecule has 1 aromatic carbocycles. The second-order valence-electron chi connectivity index (χ2n) is 4.03. The smallest absolute Gasteiger partial charge is 0.0375 e. The number of aryl methyl sites for hydroxylation is 1. The molecule has 1 aliphatic rings. The molecule has 1 nitrogen and oxygen atoms in total. The Hall–Kier alpha value is -0.630. The molecule has 0 saturated heterocycles. The van der Waals surface area contributed by atoms with Gasteiger partial charge in [-0.05, 0) is 41.7 Å². The Labute approximate surface area is 91.3 Å². The number of anilines is 1. The molecule has 1 aliphatic heterocycles. The van der Waals surface area contributed by atoms with Crippen LogP contribution in [0.1, 0.15) is 30.4 Å². The molecule has 1 aromatic rings. The molecule has 0 bridgehead atoms. The molecule has 1 N–H and O–H groups in total. The van der Waals surface area contributed by atoms with E-state index >= 15 is 0 Å². The van der Waals surface area contributed by atoms with E-state index in [1.807, 2.05) is 0 Å². The van der Waals surface area contributed by atoms with Crippen molar-refractivity contribution in [3.05, 3.63) is 29.3 Å². The van der Waals surface area contributed by atoms with Crippen LogP contribution in [0, 0.1) is 0 Å². The number of hydrogen-bond donors (Lipinski definition) is 2. The summed E-state index contributed by atoms with van der Waals surface area (Å²) in [4.78, 5) is 0. The van der Waals surface area contributed by atoms with Crippen LogP contribution in [-0.2, 0) is 6.42 Å². The van der Waals surface area contributed by atoms with Crippen LogP contribution < -0.4 is 5.32 Å². The van der Waals surface area contributed by atoms with Gasteiger partial charge in [-0.2, -0.15) is 12.6 Å². The highest BCUT2D eigenvalue weighted by molar-refractivity contribution is 7.80. The van der Waals surface area contributed by atoms with Gasteiger partial charge in [-0.1, -0.05) is 19.1 Å². The minimum Gasteiger partial charge on any atom is -0.385 e. The molecule has 2 heteroatoms. The van der Waals surface area contributed by atoms with E-state index in [1.165, 1.54) is 29.7 Å². The molecule has 0 spiro atoms. The number of benzene rings is 1. The molecule has 0 aromatic heterocycles. The molecular weight excluding hydrogens is 190 g/mol. The lowest BCUT2D eigenvalue weighted by Gasteiger charge is -2.20. The second-order valence-corrected chi connectivity index (χ2v) is 4.40. The van der Waals surface area contributed by atoms with Crippen LogP contribution in [0.15, 0.2) is 18.2 Å². The minimum absolute atomic E-state index is 0.548.